The van der Waals surface area contributed by atoms with Crippen LogP contribution in [0.25, 0.3) is 5.76 Å². The topological polar surface area (TPSA) is 72.8 Å². The van der Waals surface area contributed by atoms with Gasteiger partial charge >= 0.3 is 0 Å². The highest BCUT2D eigenvalue weighted by atomic mass is 32.2. The van der Waals surface area contributed by atoms with E-state index in [9.17, 15) is 9.18 Å². The summed E-state index contributed by atoms with van der Waals surface area (Å²) in [6.07, 6.45) is 3.53. The standard InChI is InChI=1S/C26H21F2N3O3S/c1-33-23-10-7-17(13-29-23)22-11-18-14-35-25(30-24(32)16-5-3-2-4-6-16)31-26(18,15-34-22)20-9-8-19(27)12-21(20)28/h2-13,18H,14-15H2,1H3,(H,30,31,32)/t18-,26-/m0/s1. The number of nitrogens with one attached hydrogen (secondary N) is 1. The second-order valence-corrected chi connectivity index (χ2v) is 9.12. The number of aromatic nitrogens is 1. The summed E-state index contributed by atoms with van der Waals surface area (Å²) in [4.78, 5) is 21.7. The Bertz CT molecular complexity index is 1320. The molecule has 35 heavy (non-hydrogen) atoms. The zero-order valence-corrected chi connectivity index (χ0v) is 19.5. The molecular weight excluding hydrogens is 472 g/mol. The molecule has 178 valence electrons. The molecule has 5 rings (SSSR count). The molecular formula is C26H21F2N3O3S. The van der Waals surface area contributed by atoms with Crippen LogP contribution in [0.4, 0.5) is 8.78 Å². The summed E-state index contributed by atoms with van der Waals surface area (Å²) in [6, 6.07) is 15.8. The summed E-state index contributed by atoms with van der Waals surface area (Å²) in [5.74, 6) is -0.422. The predicted molar refractivity (Wildman–Crippen MR) is 130 cm³/mol. The van der Waals surface area contributed by atoms with Gasteiger partial charge in [-0.1, -0.05) is 36.0 Å². The largest absolute Gasteiger partial charge is 0.490 e. The van der Waals surface area contributed by atoms with Crippen molar-refractivity contribution in [2.24, 2.45) is 10.9 Å². The Labute approximate surface area is 205 Å². The third-order valence-corrected chi connectivity index (χ3v) is 6.99. The van der Waals surface area contributed by atoms with Gasteiger partial charge in [0.25, 0.3) is 5.91 Å². The molecule has 2 aliphatic rings. The normalized spacial score (nSPS) is 21.2. The highest BCUT2D eigenvalue weighted by Crippen LogP contribution is 2.47. The Morgan fingerprint density at radius 2 is 2.00 bits per heavy atom. The van der Waals surface area contributed by atoms with Crippen LogP contribution in [0.2, 0.25) is 0 Å². The quantitative estimate of drug-likeness (QED) is 0.566. The number of thioether (sulfide) groups is 1. The molecule has 1 amide bonds. The molecule has 6 nitrogen and oxygen atoms in total. The van der Waals surface area contributed by atoms with Crippen molar-refractivity contribution in [3.05, 3.63) is 101 Å². The summed E-state index contributed by atoms with van der Waals surface area (Å²) < 4.78 is 40.0. The van der Waals surface area contributed by atoms with E-state index in [0.29, 0.717) is 28.1 Å². The van der Waals surface area contributed by atoms with Crippen molar-refractivity contribution in [2.75, 3.05) is 19.5 Å². The van der Waals surface area contributed by atoms with Crippen molar-refractivity contribution in [3.8, 4) is 5.88 Å². The number of hydrogen-bond acceptors (Lipinski definition) is 6. The van der Waals surface area contributed by atoms with Gasteiger partial charge in [0.1, 0.15) is 29.5 Å². The minimum atomic E-state index is -1.17. The van der Waals surface area contributed by atoms with Gasteiger partial charge in [-0.2, -0.15) is 0 Å². The Balaban J connectivity index is 1.53. The molecule has 0 aliphatic carbocycles. The van der Waals surface area contributed by atoms with Crippen molar-refractivity contribution in [2.45, 2.75) is 5.54 Å². The van der Waals surface area contributed by atoms with Gasteiger partial charge in [-0.05, 0) is 30.3 Å². The number of methoxy groups -OCH3 is 1. The van der Waals surface area contributed by atoms with Crippen molar-refractivity contribution in [1.82, 2.24) is 10.3 Å². The monoisotopic (exact) mass is 493 g/mol. The molecule has 0 saturated carbocycles. The number of pyridine rings is 1. The lowest BCUT2D eigenvalue weighted by Crippen LogP contribution is -2.47. The van der Waals surface area contributed by atoms with Crippen LogP contribution >= 0.6 is 11.8 Å². The van der Waals surface area contributed by atoms with Crippen LogP contribution in [0, 0.1) is 17.6 Å². The number of aliphatic imine (C=N–C) groups is 1. The maximum Gasteiger partial charge on any atom is 0.257 e. The van der Waals surface area contributed by atoms with E-state index in [0.717, 1.165) is 11.6 Å². The van der Waals surface area contributed by atoms with Gasteiger partial charge in [0.15, 0.2) is 5.17 Å². The lowest BCUT2D eigenvalue weighted by Gasteiger charge is -2.43. The zero-order chi connectivity index (χ0) is 24.4. The number of nitrogens with zero attached hydrogens (tertiary/aromatic N) is 2. The van der Waals surface area contributed by atoms with E-state index in [-0.39, 0.29) is 24.0 Å². The Morgan fingerprint density at radius 1 is 1.17 bits per heavy atom. The lowest BCUT2D eigenvalue weighted by molar-refractivity contribution is 0.0975. The number of halogens is 2. The first-order valence-corrected chi connectivity index (χ1v) is 11.9. The summed E-state index contributed by atoms with van der Waals surface area (Å²) in [5, 5.41) is 3.18. The van der Waals surface area contributed by atoms with E-state index in [1.807, 2.05) is 18.2 Å². The molecule has 1 N–H and O–H groups in total. The van der Waals surface area contributed by atoms with Gasteiger partial charge in [0.2, 0.25) is 5.88 Å². The van der Waals surface area contributed by atoms with Crippen molar-refractivity contribution in [3.63, 3.8) is 0 Å². The smallest absolute Gasteiger partial charge is 0.257 e. The molecule has 0 radical (unpaired) electrons. The zero-order valence-electron chi connectivity index (χ0n) is 18.7. The molecule has 3 heterocycles. The van der Waals surface area contributed by atoms with Crippen LogP contribution < -0.4 is 10.1 Å². The number of fused-ring (bicyclic) bond motifs is 1. The first-order valence-electron chi connectivity index (χ1n) is 10.9. The molecule has 0 spiro atoms. The first-order chi connectivity index (χ1) is 17.0. The molecule has 2 aliphatic heterocycles. The van der Waals surface area contributed by atoms with E-state index in [1.165, 1.54) is 31.0 Å². The number of hydrogen-bond donors (Lipinski definition) is 1. The number of amidine groups is 1. The average molecular weight is 494 g/mol. The van der Waals surface area contributed by atoms with Gasteiger partial charge in [0.05, 0.1) is 7.11 Å². The molecule has 9 heteroatoms. The highest BCUT2D eigenvalue weighted by Gasteiger charge is 2.48. The molecule has 0 unspecified atom stereocenters. The fourth-order valence-corrected chi connectivity index (χ4v) is 5.28. The Hall–Kier alpha value is -3.72. The van der Waals surface area contributed by atoms with E-state index < -0.39 is 17.2 Å². The fraction of sp³-hybridized carbons (Fsp3) is 0.192. The molecule has 0 bridgehead atoms. The second-order valence-electron chi connectivity index (χ2n) is 8.11. The van der Waals surface area contributed by atoms with Crippen LogP contribution in [0.1, 0.15) is 21.5 Å². The van der Waals surface area contributed by atoms with Gasteiger partial charge in [-0.15, -0.1) is 0 Å². The van der Waals surface area contributed by atoms with Gasteiger partial charge in [0, 0.05) is 46.7 Å². The fourth-order valence-electron chi connectivity index (χ4n) is 4.17. The van der Waals surface area contributed by atoms with Crippen LogP contribution in [-0.2, 0) is 10.3 Å². The van der Waals surface area contributed by atoms with Gasteiger partial charge in [-0.3, -0.25) is 4.79 Å². The molecule has 1 aromatic heterocycles. The minimum Gasteiger partial charge on any atom is -0.490 e. The van der Waals surface area contributed by atoms with Crippen molar-refractivity contribution >= 4 is 28.6 Å². The van der Waals surface area contributed by atoms with E-state index in [1.54, 1.807) is 36.5 Å². The molecule has 0 fully saturated rings. The van der Waals surface area contributed by atoms with Gasteiger partial charge in [-0.25, -0.2) is 18.8 Å². The maximum atomic E-state index is 15.1. The number of carbonyl (C=O) groups is 1. The van der Waals surface area contributed by atoms with Crippen LogP contribution in [0.15, 0.2) is 77.9 Å². The van der Waals surface area contributed by atoms with Gasteiger partial charge < -0.3 is 14.8 Å². The number of amides is 1. The molecule has 3 aromatic rings. The molecule has 0 saturated heterocycles. The van der Waals surface area contributed by atoms with Crippen LogP contribution in [-0.4, -0.2) is 35.5 Å². The molecule has 2 atom stereocenters. The number of ether oxygens (including phenoxy) is 2. The van der Waals surface area contributed by atoms with E-state index in [2.05, 4.69) is 10.3 Å². The van der Waals surface area contributed by atoms with E-state index >= 15 is 4.39 Å². The molecule has 2 aromatic carbocycles. The SMILES string of the molecule is COc1ccc(C2=C[C@H]3CSC(NC(=O)c4ccccc4)=N[C@@]3(c3ccc(F)cc3F)CO2)cn1. The summed E-state index contributed by atoms with van der Waals surface area (Å²) in [6.45, 7) is 0.00332. The Kier molecular flexibility index (Phi) is 6.25. The highest BCUT2D eigenvalue weighted by molar-refractivity contribution is 8.13. The third-order valence-electron chi connectivity index (χ3n) is 6.00. The third kappa shape index (κ3) is 4.51. The first kappa shape index (κ1) is 23.0. The summed E-state index contributed by atoms with van der Waals surface area (Å²) in [5.41, 5.74) is 0.259. The van der Waals surface area contributed by atoms with Crippen molar-refractivity contribution < 1.29 is 23.0 Å². The van der Waals surface area contributed by atoms with E-state index in [4.69, 9.17) is 14.5 Å². The number of carbonyl (C=O) groups excluding carboxylic acids is 1. The summed E-state index contributed by atoms with van der Waals surface area (Å²) >= 11 is 1.36. The average Bonchev–Trinajstić information content (AvgIpc) is 2.88. The number of rotatable bonds is 4. The second kappa shape index (κ2) is 9.50. The van der Waals surface area contributed by atoms with Crippen LogP contribution in [0.5, 0.6) is 5.88 Å². The lowest BCUT2D eigenvalue weighted by atomic mass is 9.77. The minimum absolute atomic E-state index is 0.00332. The Morgan fingerprint density at radius 3 is 2.71 bits per heavy atom. The van der Waals surface area contributed by atoms with Crippen LogP contribution in [0.3, 0.4) is 0 Å². The summed E-state index contributed by atoms with van der Waals surface area (Å²) in [7, 11) is 1.54. The predicted octanol–water partition coefficient (Wildman–Crippen LogP) is 4.78. The number of benzene rings is 2. The van der Waals surface area contributed by atoms with Crippen molar-refractivity contribution in [1.29, 1.82) is 0 Å². The maximum absolute atomic E-state index is 15.1.